The topological polar surface area (TPSA) is 59.4 Å². The maximum Gasteiger partial charge on any atom is 0.244 e. The quantitative estimate of drug-likeness (QED) is 0.648. The number of imidazole rings is 1. The van der Waals surface area contributed by atoms with E-state index in [1.54, 1.807) is 32.4 Å². The standard InChI is InChI=1S/C14H18N4O2S/c1-17(2)16-13(19)10-21-14-15-8-9-18(14)11-4-6-12(20-3)7-5-11/h4-9H,10H2,1-3H3,(H,16,19). The molecule has 0 fully saturated rings. The van der Waals surface area contributed by atoms with Gasteiger partial charge in [-0.25, -0.2) is 9.99 Å². The molecule has 0 unspecified atom stereocenters. The van der Waals surface area contributed by atoms with E-state index in [1.165, 1.54) is 11.8 Å². The fourth-order valence-electron chi connectivity index (χ4n) is 1.75. The SMILES string of the molecule is COc1ccc(-n2ccnc2SCC(=O)NN(C)C)cc1. The van der Waals surface area contributed by atoms with Gasteiger partial charge >= 0.3 is 0 Å². The largest absolute Gasteiger partial charge is 0.497 e. The number of hydrazine groups is 1. The smallest absolute Gasteiger partial charge is 0.244 e. The Hall–Kier alpha value is -1.99. The second kappa shape index (κ2) is 7.14. The van der Waals surface area contributed by atoms with E-state index in [0.717, 1.165) is 16.6 Å². The zero-order chi connectivity index (χ0) is 15.2. The molecule has 1 amide bonds. The molecule has 1 N–H and O–H groups in total. The normalized spacial score (nSPS) is 10.7. The molecule has 1 aromatic heterocycles. The highest BCUT2D eigenvalue weighted by atomic mass is 32.2. The number of thioether (sulfide) groups is 1. The van der Waals surface area contributed by atoms with Crippen LogP contribution in [0, 0.1) is 0 Å². The molecular weight excluding hydrogens is 288 g/mol. The second-order valence-electron chi connectivity index (χ2n) is 4.50. The highest BCUT2D eigenvalue weighted by Gasteiger charge is 2.09. The predicted molar refractivity (Wildman–Crippen MR) is 82.7 cm³/mol. The van der Waals surface area contributed by atoms with Crippen molar-refractivity contribution in [3.05, 3.63) is 36.7 Å². The molecule has 2 rings (SSSR count). The molecular formula is C14H18N4O2S. The fourth-order valence-corrected chi connectivity index (χ4v) is 2.51. The summed E-state index contributed by atoms with van der Waals surface area (Å²) in [5, 5.41) is 2.40. The minimum Gasteiger partial charge on any atom is -0.497 e. The summed E-state index contributed by atoms with van der Waals surface area (Å²) in [5.41, 5.74) is 3.68. The number of aromatic nitrogens is 2. The molecule has 0 aliphatic rings. The van der Waals surface area contributed by atoms with Gasteiger partial charge in [-0.15, -0.1) is 0 Å². The Bertz CT molecular complexity index is 595. The van der Waals surface area contributed by atoms with E-state index in [2.05, 4.69) is 10.4 Å². The van der Waals surface area contributed by atoms with Gasteiger partial charge in [-0.05, 0) is 24.3 Å². The van der Waals surface area contributed by atoms with E-state index in [4.69, 9.17) is 4.74 Å². The van der Waals surface area contributed by atoms with Crippen LogP contribution in [0.25, 0.3) is 5.69 Å². The van der Waals surface area contributed by atoms with Gasteiger partial charge in [0.2, 0.25) is 5.91 Å². The number of hydrogen-bond donors (Lipinski definition) is 1. The van der Waals surface area contributed by atoms with Gasteiger partial charge in [0.1, 0.15) is 5.75 Å². The number of nitrogens with zero attached hydrogens (tertiary/aromatic N) is 3. The Labute approximate surface area is 128 Å². The molecule has 0 radical (unpaired) electrons. The van der Waals surface area contributed by atoms with E-state index in [-0.39, 0.29) is 5.91 Å². The van der Waals surface area contributed by atoms with Gasteiger partial charge in [0.05, 0.1) is 12.9 Å². The van der Waals surface area contributed by atoms with Crippen LogP contribution in [0.5, 0.6) is 5.75 Å². The number of nitrogens with one attached hydrogen (secondary N) is 1. The van der Waals surface area contributed by atoms with E-state index in [9.17, 15) is 4.79 Å². The molecule has 21 heavy (non-hydrogen) atoms. The maximum absolute atomic E-state index is 11.7. The first kappa shape index (κ1) is 15.4. The van der Waals surface area contributed by atoms with Crippen molar-refractivity contribution in [2.75, 3.05) is 27.0 Å². The van der Waals surface area contributed by atoms with Gasteiger partial charge in [-0.3, -0.25) is 14.8 Å². The predicted octanol–water partition coefficient (Wildman–Crippen LogP) is 1.57. The summed E-state index contributed by atoms with van der Waals surface area (Å²) >= 11 is 1.39. The van der Waals surface area contributed by atoms with Crippen LogP contribution >= 0.6 is 11.8 Å². The molecule has 0 aliphatic heterocycles. The van der Waals surface area contributed by atoms with Gasteiger partial charge in [0, 0.05) is 32.2 Å². The third-order valence-corrected chi connectivity index (χ3v) is 3.60. The van der Waals surface area contributed by atoms with Gasteiger partial charge < -0.3 is 4.74 Å². The summed E-state index contributed by atoms with van der Waals surface area (Å²) in [4.78, 5) is 15.9. The van der Waals surface area contributed by atoms with Crippen LogP contribution in [0.1, 0.15) is 0 Å². The van der Waals surface area contributed by atoms with Crippen LogP contribution in [0.2, 0.25) is 0 Å². The van der Waals surface area contributed by atoms with Crippen molar-refractivity contribution in [3.8, 4) is 11.4 Å². The van der Waals surface area contributed by atoms with E-state index in [0.29, 0.717) is 5.75 Å². The number of amides is 1. The number of carbonyl (C=O) groups excluding carboxylic acids is 1. The molecule has 0 spiro atoms. The number of rotatable bonds is 6. The first-order valence-electron chi connectivity index (χ1n) is 6.37. The molecule has 0 atom stereocenters. The van der Waals surface area contributed by atoms with E-state index >= 15 is 0 Å². The summed E-state index contributed by atoms with van der Waals surface area (Å²) in [6, 6.07) is 7.68. The minimum atomic E-state index is -0.0609. The lowest BCUT2D eigenvalue weighted by atomic mass is 10.3. The molecule has 6 nitrogen and oxygen atoms in total. The van der Waals surface area contributed by atoms with Crippen molar-refractivity contribution in [2.45, 2.75) is 5.16 Å². The Morgan fingerprint density at radius 3 is 2.71 bits per heavy atom. The van der Waals surface area contributed by atoms with Crippen molar-refractivity contribution < 1.29 is 9.53 Å². The van der Waals surface area contributed by atoms with Crippen LogP contribution < -0.4 is 10.2 Å². The Balaban J connectivity index is 2.05. The monoisotopic (exact) mass is 306 g/mol. The number of carbonyl (C=O) groups is 1. The van der Waals surface area contributed by atoms with Gasteiger partial charge in [-0.1, -0.05) is 11.8 Å². The zero-order valence-electron chi connectivity index (χ0n) is 12.2. The average molecular weight is 306 g/mol. The second-order valence-corrected chi connectivity index (χ2v) is 5.44. The lowest BCUT2D eigenvalue weighted by Gasteiger charge is -2.12. The van der Waals surface area contributed by atoms with Gasteiger partial charge in [0.15, 0.2) is 5.16 Å². The summed E-state index contributed by atoms with van der Waals surface area (Å²) in [6.45, 7) is 0. The molecule has 0 bridgehead atoms. The molecule has 0 saturated heterocycles. The molecule has 1 heterocycles. The number of ether oxygens (including phenoxy) is 1. The Kier molecular flexibility index (Phi) is 5.24. The minimum absolute atomic E-state index is 0.0609. The first-order chi connectivity index (χ1) is 10.1. The molecule has 0 saturated carbocycles. The number of hydrogen-bond acceptors (Lipinski definition) is 5. The lowest BCUT2D eigenvalue weighted by Crippen LogP contribution is -2.37. The zero-order valence-corrected chi connectivity index (χ0v) is 13.1. The van der Waals surface area contributed by atoms with Crippen molar-refractivity contribution in [3.63, 3.8) is 0 Å². The molecule has 1 aromatic carbocycles. The summed E-state index contributed by atoms with van der Waals surface area (Å²) in [7, 11) is 5.19. The average Bonchev–Trinajstić information content (AvgIpc) is 2.93. The van der Waals surface area contributed by atoms with Crippen molar-refractivity contribution in [1.82, 2.24) is 20.0 Å². The third-order valence-electron chi connectivity index (χ3n) is 2.64. The molecule has 0 aliphatic carbocycles. The van der Waals surface area contributed by atoms with Crippen LogP contribution in [0.3, 0.4) is 0 Å². The molecule has 7 heteroatoms. The van der Waals surface area contributed by atoms with E-state index in [1.807, 2.05) is 35.0 Å². The van der Waals surface area contributed by atoms with Gasteiger partial charge in [-0.2, -0.15) is 0 Å². The summed E-state index contributed by atoms with van der Waals surface area (Å²) in [5.74, 6) is 1.05. The van der Waals surface area contributed by atoms with Crippen molar-refractivity contribution in [2.24, 2.45) is 0 Å². The lowest BCUT2D eigenvalue weighted by molar-refractivity contribution is -0.122. The van der Waals surface area contributed by atoms with E-state index < -0.39 is 0 Å². The highest BCUT2D eigenvalue weighted by Crippen LogP contribution is 2.22. The number of methoxy groups -OCH3 is 1. The van der Waals surface area contributed by atoms with Crippen LogP contribution in [-0.2, 0) is 4.79 Å². The van der Waals surface area contributed by atoms with Gasteiger partial charge in [0.25, 0.3) is 0 Å². The first-order valence-corrected chi connectivity index (χ1v) is 7.36. The van der Waals surface area contributed by atoms with Crippen molar-refractivity contribution in [1.29, 1.82) is 0 Å². The molecule has 2 aromatic rings. The molecule has 112 valence electrons. The Morgan fingerprint density at radius 2 is 2.10 bits per heavy atom. The highest BCUT2D eigenvalue weighted by molar-refractivity contribution is 7.99. The van der Waals surface area contributed by atoms with Crippen LogP contribution in [-0.4, -0.2) is 47.4 Å². The Morgan fingerprint density at radius 1 is 1.38 bits per heavy atom. The van der Waals surface area contributed by atoms with Crippen LogP contribution in [0.15, 0.2) is 41.8 Å². The summed E-state index contributed by atoms with van der Waals surface area (Å²) in [6.07, 6.45) is 3.59. The van der Waals surface area contributed by atoms with Crippen LogP contribution in [0.4, 0.5) is 0 Å². The maximum atomic E-state index is 11.7. The number of benzene rings is 1. The fraction of sp³-hybridized carbons (Fsp3) is 0.286. The van der Waals surface area contributed by atoms with Crippen molar-refractivity contribution >= 4 is 17.7 Å². The third kappa shape index (κ3) is 4.24. The summed E-state index contributed by atoms with van der Waals surface area (Å²) < 4.78 is 7.08.